The molecule has 0 saturated carbocycles. The van der Waals surface area contributed by atoms with Gasteiger partial charge in [0.05, 0.1) is 5.56 Å². The van der Waals surface area contributed by atoms with Crippen LogP contribution in [0, 0.1) is 5.95 Å². The van der Waals surface area contributed by atoms with Gasteiger partial charge in [-0.15, -0.1) is 0 Å². The van der Waals surface area contributed by atoms with E-state index in [1.165, 1.54) is 18.5 Å². The molecule has 80 valence electrons. The van der Waals surface area contributed by atoms with Crippen LogP contribution in [-0.2, 0) is 0 Å². The molecule has 0 unspecified atom stereocenters. The fourth-order valence-corrected chi connectivity index (χ4v) is 1.30. The third kappa shape index (κ3) is 1.88. The summed E-state index contributed by atoms with van der Waals surface area (Å²) in [5, 5.41) is 8.77. The van der Waals surface area contributed by atoms with Crippen LogP contribution < -0.4 is 0 Å². The summed E-state index contributed by atoms with van der Waals surface area (Å²) >= 11 is 0. The second-order valence-corrected chi connectivity index (χ2v) is 3.10. The molecular weight excluding hydrogens is 211 g/mol. The molecule has 0 aromatic carbocycles. The van der Waals surface area contributed by atoms with Gasteiger partial charge in [0.1, 0.15) is 0 Å². The Morgan fingerprint density at radius 2 is 2.00 bits per heavy atom. The maximum absolute atomic E-state index is 13.4. The Morgan fingerprint density at radius 1 is 1.31 bits per heavy atom. The number of rotatable bonds is 2. The normalized spacial score (nSPS) is 10.1. The van der Waals surface area contributed by atoms with Crippen molar-refractivity contribution in [2.24, 2.45) is 0 Å². The first-order chi connectivity index (χ1) is 7.68. The van der Waals surface area contributed by atoms with Crippen LogP contribution in [-0.4, -0.2) is 21.0 Å². The number of halogens is 1. The lowest BCUT2D eigenvalue weighted by molar-refractivity contribution is 0.0696. The first-order valence-electron chi connectivity index (χ1n) is 4.47. The summed E-state index contributed by atoms with van der Waals surface area (Å²) in [4.78, 5) is 17.9. The molecule has 0 amide bonds. The molecule has 5 heteroatoms. The highest BCUT2D eigenvalue weighted by atomic mass is 19.1. The van der Waals surface area contributed by atoms with Crippen molar-refractivity contribution in [3.05, 3.63) is 48.3 Å². The smallest absolute Gasteiger partial charge is 0.337 e. The van der Waals surface area contributed by atoms with Crippen molar-refractivity contribution in [3.8, 4) is 11.1 Å². The van der Waals surface area contributed by atoms with Gasteiger partial charge in [-0.1, -0.05) is 0 Å². The predicted molar refractivity (Wildman–Crippen MR) is 54.4 cm³/mol. The van der Waals surface area contributed by atoms with Crippen LogP contribution in [0.5, 0.6) is 0 Å². The van der Waals surface area contributed by atoms with Gasteiger partial charge in [-0.3, -0.25) is 4.98 Å². The summed E-state index contributed by atoms with van der Waals surface area (Å²) in [5.41, 5.74) is 0.651. The van der Waals surface area contributed by atoms with Gasteiger partial charge in [0.15, 0.2) is 0 Å². The first-order valence-corrected chi connectivity index (χ1v) is 4.47. The molecule has 2 aromatic rings. The molecule has 2 heterocycles. The second-order valence-electron chi connectivity index (χ2n) is 3.10. The summed E-state index contributed by atoms with van der Waals surface area (Å²) in [6.45, 7) is 0. The van der Waals surface area contributed by atoms with Crippen molar-refractivity contribution in [1.82, 2.24) is 9.97 Å². The van der Waals surface area contributed by atoms with Gasteiger partial charge < -0.3 is 5.11 Å². The van der Waals surface area contributed by atoms with E-state index in [0.717, 1.165) is 6.20 Å². The predicted octanol–water partition coefficient (Wildman–Crippen LogP) is 1.98. The fourth-order valence-electron chi connectivity index (χ4n) is 1.30. The number of carboxylic acids is 1. The molecule has 2 aromatic heterocycles. The molecule has 0 aliphatic heterocycles. The molecule has 0 fully saturated rings. The van der Waals surface area contributed by atoms with E-state index in [9.17, 15) is 9.18 Å². The maximum Gasteiger partial charge on any atom is 0.337 e. The number of hydrogen-bond acceptors (Lipinski definition) is 3. The highest BCUT2D eigenvalue weighted by molar-refractivity contribution is 5.88. The van der Waals surface area contributed by atoms with Gasteiger partial charge in [-0.25, -0.2) is 9.78 Å². The van der Waals surface area contributed by atoms with Crippen LogP contribution in [0.2, 0.25) is 0 Å². The minimum Gasteiger partial charge on any atom is -0.478 e. The maximum atomic E-state index is 13.4. The Morgan fingerprint density at radius 3 is 2.62 bits per heavy atom. The van der Waals surface area contributed by atoms with Crippen molar-refractivity contribution in [1.29, 1.82) is 0 Å². The van der Waals surface area contributed by atoms with E-state index in [1.807, 2.05) is 0 Å². The molecule has 0 saturated heterocycles. The zero-order valence-electron chi connectivity index (χ0n) is 8.09. The standard InChI is InChI=1S/C11H7FN2O2/c12-10-9(7-1-3-13-4-2-7)5-8(6-14-10)11(15)16/h1-6H,(H,15,16). The Bertz CT molecular complexity index is 529. The molecule has 16 heavy (non-hydrogen) atoms. The molecule has 0 aliphatic rings. The Labute approximate surface area is 90.4 Å². The number of carboxylic acid groups (broad SMARTS) is 1. The van der Waals surface area contributed by atoms with Crippen LogP contribution in [0.15, 0.2) is 36.8 Å². The Hall–Kier alpha value is -2.30. The van der Waals surface area contributed by atoms with Crippen LogP contribution >= 0.6 is 0 Å². The number of hydrogen-bond donors (Lipinski definition) is 1. The SMILES string of the molecule is O=C(O)c1cnc(F)c(-c2ccncc2)c1. The summed E-state index contributed by atoms with van der Waals surface area (Å²) in [6, 6.07) is 4.43. The Balaban J connectivity index is 2.56. The van der Waals surface area contributed by atoms with E-state index in [-0.39, 0.29) is 11.1 Å². The number of carbonyl (C=O) groups is 1. The zero-order valence-corrected chi connectivity index (χ0v) is 8.09. The molecule has 0 radical (unpaired) electrons. The topological polar surface area (TPSA) is 63.1 Å². The molecule has 4 nitrogen and oxygen atoms in total. The summed E-state index contributed by atoms with van der Waals surface area (Å²) in [5.74, 6) is -1.83. The third-order valence-corrected chi connectivity index (χ3v) is 2.08. The molecule has 0 atom stereocenters. The molecule has 0 aliphatic carbocycles. The van der Waals surface area contributed by atoms with Crippen LogP contribution in [0.1, 0.15) is 10.4 Å². The number of aromatic carboxylic acids is 1. The van der Waals surface area contributed by atoms with Gasteiger partial charge in [-0.2, -0.15) is 4.39 Å². The number of nitrogens with zero attached hydrogens (tertiary/aromatic N) is 2. The van der Waals surface area contributed by atoms with Gasteiger partial charge in [0, 0.05) is 24.2 Å². The summed E-state index contributed by atoms with van der Waals surface area (Å²) < 4.78 is 13.4. The average molecular weight is 218 g/mol. The molecule has 0 bridgehead atoms. The van der Waals surface area contributed by atoms with E-state index in [2.05, 4.69) is 9.97 Å². The van der Waals surface area contributed by atoms with Crippen molar-refractivity contribution in [2.75, 3.05) is 0 Å². The Kier molecular flexibility index (Phi) is 2.59. The van der Waals surface area contributed by atoms with E-state index < -0.39 is 11.9 Å². The van der Waals surface area contributed by atoms with E-state index in [1.54, 1.807) is 12.1 Å². The van der Waals surface area contributed by atoms with Crippen molar-refractivity contribution >= 4 is 5.97 Å². The van der Waals surface area contributed by atoms with Gasteiger partial charge in [0.2, 0.25) is 5.95 Å². The van der Waals surface area contributed by atoms with E-state index >= 15 is 0 Å². The van der Waals surface area contributed by atoms with Crippen molar-refractivity contribution < 1.29 is 14.3 Å². The van der Waals surface area contributed by atoms with E-state index in [0.29, 0.717) is 5.56 Å². The molecule has 2 rings (SSSR count). The largest absolute Gasteiger partial charge is 0.478 e. The monoisotopic (exact) mass is 218 g/mol. The van der Waals surface area contributed by atoms with Gasteiger partial charge in [-0.05, 0) is 23.8 Å². The lowest BCUT2D eigenvalue weighted by atomic mass is 10.1. The highest BCUT2D eigenvalue weighted by Crippen LogP contribution is 2.21. The first kappa shape index (κ1) is 10.2. The van der Waals surface area contributed by atoms with Crippen molar-refractivity contribution in [3.63, 3.8) is 0 Å². The van der Waals surface area contributed by atoms with Gasteiger partial charge >= 0.3 is 5.97 Å². The molecule has 1 N–H and O–H groups in total. The van der Waals surface area contributed by atoms with Crippen molar-refractivity contribution in [2.45, 2.75) is 0 Å². The van der Waals surface area contributed by atoms with Crippen LogP contribution in [0.25, 0.3) is 11.1 Å². The minimum absolute atomic E-state index is 0.0480. The fraction of sp³-hybridized carbons (Fsp3) is 0. The quantitative estimate of drug-likeness (QED) is 0.783. The average Bonchev–Trinajstić information content (AvgIpc) is 2.30. The second kappa shape index (κ2) is 4.06. The minimum atomic E-state index is -1.14. The lowest BCUT2D eigenvalue weighted by Crippen LogP contribution is -2.00. The number of pyridine rings is 2. The summed E-state index contributed by atoms with van der Waals surface area (Å²) in [7, 11) is 0. The zero-order chi connectivity index (χ0) is 11.5. The number of aromatic nitrogens is 2. The van der Waals surface area contributed by atoms with Gasteiger partial charge in [0.25, 0.3) is 0 Å². The van der Waals surface area contributed by atoms with E-state index in [4.69, 9.17) is 5.11 Å². The van der Waals surface area contributed by atoms with Crippen LogP contribution in [0.3, 0.4) is 0 Å². The van der Waals surface area contributed by atoms with Crippen LogP contribution in [0.4, 0.5) is 4.39 Å². The third-order valence-electron chi connectivity index (χ3n) is 2.08. The summed E-state index contributed by atoms with van der Waals surface area (Å²) in [6.07, 6.45) is 3.99. The molecular formula is C11H7FN2O2. The highest BCUT2D eigenvalue weighted by Gasteiger charge is 2.10. The molecule has 0 spiro atoms. The lowest BCUT2D eigenvalue weighted by Gasteiger charge is -2.03.